The van der Waals surface area contributed by atoms with Crippen LogP contribution in [-0.4, -0.2) is 35.3 Å². The summed E-state index contributed by atoms with van der Waals surface area (Å²) in [5.41, 5.74) is 0.0824. The van der Waals surface area contributed by atoms with Crippen LogP contribution in [-0.2, 0) is 9.59 Å². The third-order valence-electron chi connectivity index (χ3n) is 4.29. The maximum atomic E-state index is 12.5. The largest absolute Gasteiger partial charge is 0.457 e. The minimum atomic E-state index is -0.643. The van der Waals surface area contributed by atoms with Gasteiger partial charge in [-0.2, -0.15) is 0 Å². The summed E-state index contributed by atoms with van der Waals surface area (Å²) in [6.45, 7) is 5.23. The monoisotopic (exact) mass is 381 g/mol. The van der Waals surface area contributed by atoms with E-state index in [2.05, 4.69) is 10.6 Å². The highest BCUT2D eigenvalue weighted by molar-refractivity contribution is 6.08. The molecule has 0 unspecified atom stereocenters. The van der Waals surface area contributed by atoms with Crippen molar-refractivity contribution in [3.8, 4) is 11.5 Å². The van der Waals surface area contributed by atoms with Crippen LogP contribution < -0.4 is 15.4 Å². The number of nitrogens with one attached hydrogen (secondary N) is 2. The second-order valence-corrected chi connectivity index (χ2v) is 7.66. The van der Waals surface area contributed by atoms with Crippen molar-refractivity contribution in [3.05, 3.63) is 54.6 Å². The van der Waals surface area contributed by atoms with Gasteiger partial charge in [0.15, 0.2) is 0 Å². The highest BCUT2D eigenvalue weighted by Crippen LogP contribution is 2.26. The third kappa shape index (κ3) is 4.49. The molecule has 0 aromatic heterocycles. The first kappa shape index (κ1) is 19.4. The van der Waals surface area contributed by atoms with Crippen molar-refractivity contribution >= 4 is 23.5 Å². The first-order valence-electron chi connectivity index (χ1n) is 8.99. The fourth-order valence-electron chi connectivity index (χ4n) is 2.86. The van der Waals surface area contributed by atoms with Gasteiger partial charge in [-0.1, -0.05) is 45.0 Å². The smallest absolute Gasteiger partial charge is 0.325 e. The number of amides is 4. The Labute approximate surface area is 163 Å². The Bertz CT molecular complexity index is 890. The molecular formula is C21H23N3O4. The topological polar surface area (TPSA) is 87.7 Å². The van der Waals surface area contributed by atoms with Gasteiger partial charge in [-0.3, -0.25) is 14.5 Å². The molecule has 7 heteroatoms. The summed E-state index contributed by atoms with van der Waals surface area (Å²) in [4.78, 5) is 37.8. The van der Waals surface area contributed by atoms with Crippen LogP contribution >= 0.6 is 0 Å². The number of para-hydroxylation sites is 1. The van der Waals surface area contributed by atoms with E-state index in [1.165, 1.54) is 0 Å². The molecule has 1 atom stereocenters. The maximum absolute atomic E-state index is 12.5. The maximum Gasteiger partial charge on any atom is 0.325 e. The van der Waals surface area contributed by atoms with E-state index in [1.807, 2.05) is 51.1 Å². The van der Waals surface area contributed by atoms with Gasteiger partial charge in [0, 0.05) is 11.8 Å². The Morgan fingerprint density at radius 2 is 1.75 bits per heavy atom. The van der Waals surface area contributed by atoms with E-state index in [0.717, 1.165) is 4.90 Å². The van der Waals surface area contributed by atoms with Gasteiger partial charge >= 0.3 is 6.03 Å². The van der Waals surface area contributed by atoms with Crippen LogP contribution in [0.4, 0.5) is 10.5 Å². The fourth-order valence-corrected chi connectivity index (χ4v) is 2.86. The molecule has 1 aliphatic heterocycles. The average molecular weight is 381 g/mol. The molecule has 0 spiro atoms. The molecule has 1 aliphatic rings. The summed E-state index contributed by atoms with van der Waals surface area (Å²) in [6.07, 6.45) is 0. The van der Waals surface area contributed by atoms with Gasteiger partial charge in [0.1, 0.15) is 24.1 Å². The van der Waals surface area contributed by atoms with E-state index in [0.29, 0.717) is 17.2 Å². The normalized spacial score (nSPS) is 16.7. The lowest BCUT2D eigenvalue weighted by molar-refractivity contribution is -0.132. The Kier molecular flexibility index (Phi) is 5.35. The lowest BCUT2D eigenvalue weighted by Gasteiger charge is -2.24. The predicted molar refractivity (Wildman–Crippen MR) is 105 cm³/mol. The third-order valence-corrected chi connectivity index (χ3v) is 4.29. The van der Waals surface area contributed by atoms with Crippen molar-refractivity contribution < 1.29 is 19.1 Å². The molecule has 7 nitrogen and oxygen atoms in total. The van der Waals surface area contributed by atoms with E-state index in [-0.39, 0.29) is 6.54 Å². The molecule has 2 N–H and O–H groups in total. The van der Waals surface area contributed by atoms with Gasteiger partial charge in [-0.15, -0.1) is 0 Å². The molecular weight excluding hydrogens is 358 g/mol. The van der Waals surface area contributed by atoms with Gasteiger partial charge in [-0.25, -0.2) is 4.79 Å². The van der Waals surface area contributed by atoms with Crippen molar-refractivity contribution in [2.75, 3.05) is 11.9 Å². The summed E-state index contributed by atoms with van der Waals surface area (Å²) in [5, 5.41) is 5.33. The minimum absolute atomic E-state index is 0.346. The lowest BCUT2D eigenvalue weighted by Crippen LogP contribution is -2.42. The minimum Gasteiger partial charge on any atom is -0.457 e. The fraction of sp³-hybridized carbons (Fsp3) is 0.286. The van der Waals surface area contributed by atoms with Gasteiger partial charge < -0.3 is 15.4 Å². The number of anilines is 1. The summed E-state index contributed by atoms with van der Waals surface area (Å²) in [6, 6.07) is 15.0. The second-order valence-electron chi connectivity index (χ2n) is 7.66. The van der Waals surface area contributed by atoms with Crippen LogP contribution in [0.3, 0.4) is 0 Å². The van der Waals surface area contributed by atoms with Crippen LogP contribution in [0.2, 0.25) is 0 Å². The molecule has 1 heterocycles. The van der Waals surface area contributed by atoms with Crippen LogP contribution in [0.1, 0.15) is 20.8 Å². The number of hydrogen-bond donors (Lipinski definition) is 2. The van der Waals surface area contributed by atoms with Gasteiger partial charge in [0.2, 0.25) is 5.91 Å². The summed E-state index contributed by atoms with van der Waals surface area (Å²) >= 11 is 0. The zero-order chi connectivity index (χ0) is 20.3. The first-order chi connectivity index (χ1) is 13.2. The van der Waals surface area contributed by atoms with Crippen LogP contribution in [0.15, 0.2) is 54.6 Å². The molecule has 0 aliphatic carbocycles. The molecule has 1 saturated heterocycles. The Morgan fingerprint density at radius 3 is 2.39 bits per heavy atom. The molecule has 4 amide bonds. The number of imide groups is 1. The van der Waals surface area contributed by atoms with Crippen molar-refractivity contribution in [3.63, 3.8) is 0 Å². The number of carbonyl (C=O) groups excluding carboxylic acids is 3. The van der Waals surface area contributed by atoms with Gasteiger partial charge in [-0.05, 0) is 29.7 Å². The number of rotatable bonds is 5. The van der Waals surface area contributed by atoms with Crippen molar-refractivity contribution in [1.82, 2.24) is 10.2 Å². The summed E-state index contributed by atoms with van der Waals surface area (Å²) in [5.74, 6) is 0.383. The molecule has 146 valence electrons. The molecule has 28 heavy (non-hydrogen) atoms. The number of hydrogen-bond acceptors (Lipinski definition) is 4. The van der Waals surface area contributed by atoms with E-state index in [9.17, 15) is 14.4 Å². The summed E-state index contributed by atoms with van der Waals surface area (Å²) in [7, 11) is 0. The molecule has 0 bridgehead atoms. The molecule has 1 fully saturated rings. The van der Waals surface area contributed by atoms with Crippen molar-refractivity contribution in [2.24, 2.45) is 5.41 Å². The van der Waals surface area contributed by atoms with E-state index in [1.54, 1.807) is 24.3 Å². The van der Waals surface area contributed by atoms with Gasteiger partial charge in [0.25, 0.3) is 5.91 Å². The predicted octanol–water partition coefficient (Wildman–Crippen LogP) is 3.38. The van der Waals surface area contributed by atoms with Crippen LogP contribution in [0.5, 0.6) is 11.5 Å². The standard InChI is InChI=1S/C21H23N3O4/c1-21(2,3)18-19(26)24(20(27)23-18)13-17(25)22-14-8-7-11-16(12-14)28-15-9-5-4-6-10-15/h4-12,18H,13H2,1-3H3,(H,22,25)(H,23,27)/t18-/m0/s1. The van der Waals surface area contributed by atoms with Gasteiger partial charge in [0.05, 0.1) is 0 Å². The van der Waals surface area contributed by atoms with Crippen LogP contribution in [0, 0.1) is 5.41 Å². The zero-order valence-electron chi connectivity index (χ0n) is 16.1. The second kappa shape index (κ2) is 7.72. The van der Waals surface area contributed by atoms with Crippen molar-refractivity contribution in [2.45, 2.75) is 26.8 Å². The lowest BCUT2D eigenvalue weighted by atomic mass is 9.87. The first-order valence-corrected chi connectivity index (χ1v) is 8.99. The highest BCUT2D eigenvalue weighted by atomic mass is 16.5. The number of carbonyl (C=O) groups is 3. The van der Waals surface area contributed by atoms with E-state index < -0.39 is 29.3 Å². The SMILES string of the molecule is CC(C)(C)[C@H]1NC(=O)N(CC(=O)Nc2cccc(Oc3ccccc3)c2)C1=O. The summed E-state index contributed by atoms with van der Waals surface area (Å²) < 4.78 is 5.74. The van der Waals surface area contributed by atoms with Crippen molar-refractivity contribution in [1.29, 1.82) is 0 Å². The Hall–Kier alpha value is -3.35. The molecule has 0 saturated carbocycles. The molecule has 0 radical (unpaired) electrons. The molecule has 2 aromatic rings. The highest BCUT2D eigenvalue weighted by Gasteiger charge is 2.44. The molecule has 2 aromatic carbocycles. The zero-order valence-corrected chi connectivity index (χ0v) is 16.1. The van der Waals surface area contributed by atoms with E-state index in [4.69, 9.17) is 4.74 Å². The quantitative estimate of drug-likeness (QED) is 0.777. The van der Waals surface area contributed by atoms with E-state index >= 15 is 0 Å². The number of urea groups is 1. The number of nitrogens with zero attached hydrogens (tertiary/aromatic N) is 1. The molecule has 3 rings (SSSR count). The number of benzene rings is 2. The Balaban J connectivity index is 1.63. The number of ether oxygens (including phenoxy) is 1. The Morgan fingerprint density at radius 1 is 1.07 bits per heavy atom. The average Bonchev–Trinajstić information content (AvgIpc) is 2.91. The van der Waals surface area contributed by atoms with Crippen LogP contribution in [0.25, 0.3) is 0 Å².